The molecule has 1 amide bonds. The molecule has 0 radical (unpaired) electrons. The van der Waals surface area contributed by atoms with Crippen molar-refractivity contribution in [2.45, 2.75) is 31.9 Å². The van der Waals surface area contributed by atoms with Crippen LogP contribution in [-0.4, -0.2) is 45.6 Å². The van der Waals surface area contributed by atoms with Gasteiger partial charge in [-0.05, 0) is 32.4 Å². The van der Waals surface area contributed by atoms with E-state index in [1.165, 1.54) is 0 Å². The van der Waals surface area contributed by atoms with Gasteiger partial charge in [0.1, 0.15) is 4.99 Å². The normalized spacial score (nSPS) is 23.8. The zero-order valence-electron chi connectivity index (χ0n) is 12.3. The number of nitrogens with one attached hydrogen (secondary N) is 1. The van der Waals surface area contributed by atoms with Gasteiger partial charge in [0, 0.05) is 24.3 Å². The molecule has 1 aromatic rings. The number of anilines is 1. The molecule has 1 aliphatic rings. The number of likely N-dealkylation sites (tertiary alicyclic amines) is 1. The van der Waals surface area contributed by atoms with E-state index >= 15 is 0 Å². The monoisotopic (exact) mass is 307 g/mol. The molecule has 0 bridgehead atoms. The lowest BCUT2D eigenvalue weighted by Gasteiger charge is -2.24. The lowest BCUT2D eigenvalue weighted by atomic mass is 10.1. The van der Waals surface area contributed by atoms with E-state index < -0.39 is 5.60 Å². The number of hydrogen-bond acceptors (Lipinski definition) is 4. The predicted molar refractivity (Wildman–Crippen MR) is 87.2 cm³/mol. The molecule has 2 unspecified atom stereocenters. The average Bonchev–Trinajstić information content (AvgIpc) is 2.78. The number of aliphatic hydroxyl groups is 1. The smallest absolute Gasteiger partial charge is 0.241 e. The minimum Gasteiger partial charge on any atom is -0.389 e. The first-order valence-electron chi connectivity index (χ1n) is 6.96. The van der Waals surface area contributed by atoms with Gasteiger partial charge in [0.25, 0.3) is 0 Å². The van der Waals surface area contributed by atoms with Crippen LogP contribution in [0, 0.1) is 0 Å². The van der Waals surface area contributed by atoms with Crippen LogP contribution in [0.5, 0.6) is 0 Å². The van der Waals surface area contributed by atoms with Crippen molar-refractivity contribution < 1.29 is 9.90 Å². The molecule has 1 aromatic carbocycles. The standard InChI is InChI=1S/C15H21N3O2S/c1-10(18-7-6-15(2,20)9-18)14(19)17-12-5-3-4-11(8-12)13(16)21/h3-5,8,10,20H,6-7,9H2,1-2H3,(H2,16,21)(H,17,19). The quantitative estimate of drug-likeness (QED) is 0.726. The second-order valence-corrected chi connectivity index (χ2v) is 6.27. The number of nitrogens with two attached hydrogens (primary N) is 1. The Morgan fingerprint density at radius 2 is 2.29 bits per heavy atom. The van der Waals surface area contributed by atoms with Crippen LogP contribution < -0.4 is 11.1 Å². The van der Waals surface area contributed by atoms with Gasteiger partial charge in [-0.25, -0.2) is 0 Å². The molecule has 1 saturated heterocycles. The van der Waals surface area contributed by atoms with Crippen molar-refractivity contribution in [1.82, 2.24) is 4.90 Å². The highest BCUT2D eigenvalue weighted by atomic mass is 32.1. The van der Waals surface area contributed by atoms with Crippen molar-refractivity contribution >= 4 is 28.8 Å². The third-order valence-electron chi connectivity index (χ3n) is 3.82. The molecule has 0 aromatic heterocycles. The number of benzene rings is 1. The van der Waals surface area contributed by atoms with Gasteiger partial charge in [-0.1, -0.05) is 24.4 Å². The Labute approximate surface area is 130 Å². The molecular weight excluding hydrogens is 286 g/mol. The summed E-state index contributed by atoms with van der Waals surface area (Å²) in [6.45, 7) is 4.86. The average molecular weight is 307 g/mol. The van der Waals surface area contributed by atoms with E-state index in [9.17, 15) is 9.90 Å². The zero-order chi connectivity index (χ0) is 15.6. The largest absolute Gasteiger partial charge is 0.389 e. The fourth-order valence-electron chi connectivity index (χ4n) is 2.47. The first kappa shape index (κ1) is 15.9. The van der Waals surface area contributed by atoms with E-state index in [1.807, 2.05) is 11.8 Å². The Morgan fingerprint density at radius 1 is 1.57 bits per heavy atom. The van der Waals surface area contributed by atoms with E-state index in [0.29, 0.717) is 30.2 Å². The van der Waals surface area contributed by atoms with Crippen LogP contribution in [0.25, 0.3) is 0 Å². The third kappa shape index (κ3) is 4.00. The molecule has 21 heavy (non-hydrogen) atoms. The van der Waals surface area contributed by atoms with Crippen LogP contribution >= 0.6 is 12.2 Å². The number of rotatable bonds is 4. The minimum absolute atomic E-state index is 0.104. The molecule has 5 nitrogen and oxygen atoms in total. The van der Waals surface area contributed by atoms with Crippen LogP contribution in [0.3, 0.4) is 0 Å². The molecule has 2 atom stereocenters. The molecule has 1 heterocycles. The molecular formula is C15H21N3O2S. The lowest BCUT2D eigenvalue weighted by molar-refractivity contribution is -0.120. The third-order valence-corrected chi connectivity index (χ3v) is 4.06. The van der Waals surface area contributed by atoms with Crippen molar-refractivity contribution in [3.05, 3.63) is 29.8 Å². The maximum Gasteiger partial charge on any atom is 0.241 e. The van der Waals surface area contributed by atoms with Crippen molar-refractivity contribution in [3.8, 4) is 0 Å². The predicted octanol–water partition coefficient (Wildman–Crippen LogP) is 1.10. The molecule has 0 saturated carbocycles. The molecule has 0 spiro atoms. The Kier molecular flexibility index (Phi) is 4.61. The van der Waals surface area contributed by atoms with Gasteiger partial charge in [-0.3, -0.25) is 9.69 Å². The summed E-state index contributed by atoms with van der Waals surface area (Å²) in [5.41, 5.74) is 6.27. The van der Waals surface area contributed by atoms with E-state index in [2.05, 4.69) is 5.32 Å². The van der Waals surface area contributed by atoms with Crippen LogP contribution in [0.2, 0.25) is 0 Å². The molecule has 114 valence electrons. The lowest BCUT2D eigenvalue weighted by Crippen LogP contribution is -2.42. The summed E-state index contributed by atoms with van der Waals surface area (Å²) in [5, 5.41) is 12.8. The summed E-state index contributed by atoms with van der Waals surface area (Å²) in [5.74, 6) is -0.104. The molecule has 0 aliphatic carbocycles. The van der Waals surface area contributed by atoms with Gasteiger partial charge in [-0.2, -0.15) is 0 Å². The van der Waals surface area contributed by atoms with E-state index in [0.717, 1.165) is 5.56 Å². The SMILES string of the molecule is CC(C(=O)Nc1cccc(C(N)=S)c1)N1CCC(C)(O)C1. The number of β-amino-alcohol motifs (C(OH)–C–C–N with tert-alkyl or cyclic N) is 1. The summed E-state index contributed by atoms with van der Waals surface area (Å²) >= 11 is 4.93. The highest BCUT2D eigenvalue weighted by Gasteiger charge is 2.35. The molecule has 4 N–H and O–H groups in total. The zero-order valence-corrected chi connectivity index (χ0v) is 13.1. The highest BCUT2D eigenvalue weighted by Crippen LogP contribution is 2.22. The van der Waals surface area contributed by atoms with Crippen molar-refractivity contribution in [3.63, 3.8) is 0 Å². The second-order valence-electron chi connectivity index (χ2n) is 5.83. The Morgan fingerprint density at radius 3 is 2.86 bits per heavy atom. The summed E-state index contributed by atoms with van der Waals surface area (Å²) in [6.07, 6.45) is 0.682. The maximum atomic E-state index is 12.3. The van der Waals surface area contributed by atoms with E-state index in [4.69, 9.17) is 18.0 Å². The maximum absolute atomic E-state index is 12.3. The van der Waals surface area contributed by atoms with Crippen LogP contribution in [0.15, 0.2) is 24.3 Å². The number of thiocarbonyl (C=S) groups is 1. The molecule has 2 rings (SSSR count). The fourth-order valence-corrected chi connectivity index (χ4v) is 2.60. The van der Waals surface area contributed by atoms with Gasteiger partial charge in [0.15, 0.2) is 0 Å². The molecule has 6 heteroatoms. The first-order valence-corrected chi connectivity index (χ1v) is 7.36. The van der Waals surface area contributed by atoms with Gasteiger partial charge in [0.2, 0.25) is 5.91 Å². The number of amides is 1. The van der Waals surface area contributed by atoms with Gasteiger partial charge in [-0.15, -0.1) is 0 Å². The number of carbonyl (C=O) groups is 1. The van der Waals surface area contributed by atoms with Crippen molar-refractivity contribution in [1.29, 1.82) is 0 Å². The Hall–Kier alpha value is -1.50. The van der Waals surface area contributed by atoms with E-state index in [-0.39, 0.29) is 11.9 Å². The summed E-state index contributed by atoms with van der Waals surface area (Å²) in [4.78, 5) is 14.6. The number of carbonyl (C=O) groups excluding carboxylic acids is 1. The Balaban J connectivity index is 2.01. The van der Waals surface area contributed by atoms with Gasteiger partial charge in [0.05, 0.1) is 11.6 Å². The summed E-state index contributed by atoms with van der Waals surface area (Å²) in [7, 11) is 0. The van der Waals surface area contributed by atoms with Gasteiger partial charge < -0.3 is 16.2 Å². The van der Waals surface area contributed by atoms with Crippen LogP contribution in [0.1, 0.15) is 25.8 Å². The van der Waals surface area contributed by atoms with Crippen LogP contribution in [-0.2, 0) is 4.79 Å². The second kappa shape index (κ2) is 6.09. The number of hydrogen-bond donors (Lipinski definition) is 3. The van der Waals surface area contributed by atoms with Crippen molar-refractivity contribution in [2.75, 3.05) is 18.4 Å². The van der Waals surface area contributed by atoms with Crippen molar-refractivity contribution in [2.24, 2.45) is 5.73 Å². The highest BCUT2D eigenvalue weighted by molar-refractivity contribution is 7.80. The van der Waals surface area contributed by atoms with E-state index in [1.54, 1.807) is 31.2 Å². The van der Waals surface area contributed by atoms with Crippen LogP contribution in [0.4, 0.5) is 5.69 Å². The Bertz CT molecular complexity index is 560. The first-order chi connectivity index (χ1) is 9.78. The number of nitrogens with zero attached hydrogens (tertiary/aromatic N) is 1. The fraction of sp³-hybridized carbons (Fsp3) is 0.467. The van der Waals surface area contributed by atoms with Gasteiger partial charge >= 0.3 is 0 Å². The molecule has 1 aliphatic heterocycles. The topological polar surface area (TPSA) is 78.6 Å². The minimum atomic E-state index is -0.708. The molecule has 1 fully saturated rings. The summed E-state index contributed by atoms with van der Waals surface area (Å²) in [6, 6.07) is 6.86. The summed E-state index contributed by atoms with van der Waals surface area (Å²) < 4.78 is 0.